The Bertz CT molecular complexity index is 548. The average molecular weight is 315 g/mol. The van der Waals surface area contributed by atoms with Crippen LogP contribution in [-0.2, 0) is 9.53 Å². The van der Waals surface area contributed by atoms with Crippen LogP contribution in [0.15, 0.2) is 30.9 Å². The van der Waals surface area contributed by atoms with Crippen molar-refractivity contribution in [2.75, 3.05) is 20.3 Å². The van der Waals surface area contributed by atoms with Gasteiger partial charge in [-0.15, -0.1) is 6.58 Å². The van der Waals surface area contributed by atoms with E-state index < -0.39 is 25.1 Å². The van der Waals surface area contributed by atoms with Gasteiger partial charge in [0.2, 0.25) is 0 Å². The summed E-state index contributed by atoms with van der Waals surface area (Å²) >= 11 is 0. The van der Waals surface area contributed by atoms with Crippen LogP contribution in [0.1, 0.15) is 10.4 Å². The molecule has 0 bridgehead atoms. The molecule has 120 valence electrons. The van der Waals surface area contributed by atoms with Gasteiger partial charge in [0.1, 0.15) is 0 Å². The molecule has 0 spiro atoms. The lowest BCUT2D eigenvalue weighted by molar-refractivity contribution is -0.124. The summed E-state index contributed by atoms with van der Waals surface area (Å²) < 4.78 is 38.2. The average Bonchev–Trinajstić information content (AvgIpc) is 2.50. The first-order valence-electron chi connectivity index (χ1n) is 6.15. The number of carbonyl (C=O) groups excluding carboxylic acids is 2. The van der Waals surface area contributed by atoms with E-state index in [1.807, 2.05) is 0 Å². The Morgan fingerprint density at radius 2 is 2.09 bits per heavy atom. The van der Waals surface area contributed by atoms with Gasteiger partial charge >= 0.3 is 12.6 Å². The van der Waals surface area contributed by atoms with Crippen LogP contribution in [0.4, 0.5) is 8.78 Å². The van der Waals surface area contributed by atoms with Gasteiger partial charge in [-0.25, -0.2) is 4.79 Å². The molecule has 0 unspecified atom stereocenters. The maximum absolute atomic E-state index is 12.2. The Morgan fingerprint density at radius 3 is 2.68 bits per heavy atom. The number of halogens is 2. The Labute approximate surface area is 125 Å². The van der Waals surface area contributed by atoms with E-state index in [0.717, 1.165) is 6.07 Å². The molecule has 0 radical (unpaired) electrons. The number of hydrogen-bond acceptors (Lipinski definition) is 5. The highest BCUT2D eigenvalue weighted by molar-refractivity contribution is 5.92. The molecular formula is C14H15F2NO5. The minimum atomic E-state index is -3.01. The van der Waals surface area contributed by atoms with Crippen LogP contribution < -0.4 is 14.8 Å². The number of nitrogens with one attached hydrogen (secondary N) is 1. The summed E-state index contributed by atoms with van der Waals surface area (Å²) in [5.74, 6) is -1.54. The van der Waals surface area contributed by atoms with Gasteiger partial charge in [0.05, 0.1) is 12.7 Å². The lowest BCUT2D eigenvalue weighted by atomic mass is 10.2. The molecule has 0 aromatic heterocycles. The molecule has 1 amide bonds. The van der Waals surface area contributed by atoms with Gasteiger partial charge in [-0.3, -0.25) is 4.79 Å². The van der Waals surface area contributed by atoms with Crippen LogP contribution in [0.2, 0.25) is 0 Å². The number of methoxy groups -OCH3 is 1. The Morgan fingerprint density at radius 1 is 1.36 bits per heavy atom. The van der Waals surface area contributed by atoms with Crippen LogP contribution in [0.5, 0.6) is 11.5 Å². The monoisotopic (exact) mass is 315 g/mol. The fraction of sp³-hybridized carbons (Fsp3) is 0.286. The van der Waals surface area contributed by atoms with E-state index in [4.69, 9.17) is 9.47 Å². The van der Waals surface area contributed by atoms with Gasteiger partial charge in [0.25, 0.3) is 5.91 Å². The van der Waals surface area contributed by atoms with Crippen LogP contribution >= 0.6 is 0 Å². The fourth-order valence-corrected chi connectivity index (χ4v) is 1.44. The summed E-state index contributed by atoms with van der Waals surface area (Å²) in [6.07, 6.45) is 1.48. The third-order valence-electron chi connectivity index (χ3n) is 2.39. The SMILES string of the molecule is C=CCNC(=O)COC(=O)c1ccc(OC(F)F)c(OC)c1. The lowest BCUT2D eigenvalue weighted by Crippen LogP contribution is -2.28. The third-order valence-corrected chi connectivity index (χ3v) is 2.39. The molecule has 6 nitrogen and oxygen atoms in total. The van der Waals surface area contributed by atoms with Crippen LogP contribution in [0.25, 0.3) is 0 Å². The summed E-state index contributed by atoms with van der Waals surface area (Å²) in [4.78, 5) is 23.0. The number of benzene rings is 1. The van der Waals surface area contributed by atoms with Gasteiger partial charge in [-0.05, 0) is 18.2 Å². The van der Waals surface area contributed by atoms with Gasteiger partial charge in [-0.2, -0.15) is 8.78 Å². The van der Waals surface area contributed by atoms with E-state index >= 15 is 0 Å². The standard InChI is InChI=1S/C14H15F2NO5/c1-3-6-17-12(18)8-21-13(19)9-4-5-10(22-14(15)16)11(7-9)20-2/h3-5,7,14H,1,6,8H2,2H3,(H,17,18). The molecule has 1 aromatic rings. The number of carbonyl (C=O) groups is 2. The zero-order valence-electron chi connectivity index (χ0n) is 11.8. The molecule has 1 N–H and O–H groups in total. The van der Waals surface area contributed by atoms with E-state index in [9.17, 15) is 18.4 Å². The smallest absolute Gasteiger partial charge is 0.387 e. The van der Waals surface area contributed by atoms with Crippen LogP contribution in [0, 0.1) is 0 Å². The summed E-state index contributed by atoms with van der Waals surface area (Å²) in [5, 5.41) is 2.43. The Kier molecular flexibility index (Phi) is 6.81. The molecule has 0 atom stereocenters. The van der Waals surface area contributed by atoms with Crippen molar-refractivity contribution < 1.29 is 32.6 Å². The molecule has 0 aliphatic heterocycles. The largest absolute Gasteiger partial charge is 0.493 e. The zero-order valence-corrected chi connectivity index (χ0v) is 11.8. The van der Waals surface area contributed by atoms with Crippen molar-refractivity contribution >= 4 is 11.9 Å². The first-order chi connectivity index (χ1) is 10.5. The van der Waals surface area contributed by atoms with E-state index in [0.29, 0.717) is 0 Å². The van der Waals surface area contributed by atoms with Gasteiger partial charge < -0.3 is 19.5 Å². The van der Waals surface area contributed by atoms with Crippen molar-refractivity contribution in [1.82, 2.24) is 5.32 Å². The second-order valence-electron chi connectivity index (χ2n) is 3.91. The van der Waals surface area contributed by atoms with Crippen LogP contribution in [0.3, 0.4) is 0 Å². The van der Waals surface area contributed by atoms with Crippen molar-refractivity contribution in [2.45, 2.75) is 6.61 Å². The maximum Gasteiger partial charge on any atom is 0.387 e. The maximum atomic E-state index is 12.2. The normalized spacial score (nSPS) is 10.0. The molecule has 1 aromatic carbocycles. The first kappa shape index (κ1) is 17.4. The van der Waals surface area contributed by atoms with E-state index in [1.165, 1.54) is 25.3 Å². The summed E-state index contributed by atoms with van der Waals surface area (Å²) in [6, 6.07) is 3.56. The molecule has 0 aliphatic rings. The number of alkyl halides is 2. The highest BCUT2D eigenvalue weighted by atomic mass is 19.3. The minimum absolute atomic E-state index is 0.0370. The van der Waals surface area contributed by atoms with E-state index in [2.05, 4.69) is 16.6 Å². The minimum Gasteiger partial charge on any atom is -0.493 e. The zero-order chi connectivity index (χ0) is 16.5. The highest BCUT2D eigenvalue weighted by Crippen LogP contribution is 2.29. The number of esters is 1. The molecule has 0 saturated heterocycles. The number of ether oxygens (including phenoxy) is 3. The molecule has 0 saturated carbocycles. The lowest BCUT2D eigenvalue weighted by Gasteiger charge is -2.11. The molecule has 22 heavy (non-hydrogen) atoms. The molecule has 8 heteroatoms. The number of amides is 1. The number of rotatable bonds is 8. The predicted molar refractivity (Wildman–Crippen MR) is 73.1 cm³/mol. The predicted octanol–water partition coefficient (Wildman–Crippen LogP) is 1.76. The number of hydrogen-bond donors (Lipinski definition) is 1. The van der Waals surface area contributed by atoms with Crippen molar-refractivity contribution in [1.29, 1.82) is 0 Å². The van der Waals surface area contributed by atoms with Crippen molar-refractivity contribution in [3.8, 4) is 11.5 Å². The van der Waals surface area contributed by atoms with E-state index in [-0.39, 0.29) is 23.6 Å². The molecule has 1 rings (SSSR count). The summed E-state index contributed by atoms with van der Waals surface area (Å²) in [5.41, 5.74) is 0.0370. The Balaban J connectivity index is 2.69. The molecular weight excluding hydrogens is 300 g/mol. The second kappa shape index (κ2) is 8.60. The van der Waals surface area contributed by atoms with Crippen molar-refractivity contribution in [2.24, 2.45) is 0 Å². The van der Waals surface area contributed by atoms with Crippen molar-refractivity contribution in [3.63, 3.8) is 0 Å². The molecule has 0 aliphatic carbocycles. The first-order valence-corrected chi connectivity index (χ1v) is 6.15. The van der Waals surface area contributed by atoms with Gasteiger partial charge in [0, 0.05) is 6.54 Å². The second-order valence-corrected chi connectivity index (χ2v) is 3.91. The highest BCUT2D eigenvalue weighted by Gasteiger charge is 2.15. The Hall–Kier alpha value is -2.64. The fourth-order valence-electron chi connectivity index (χ4n) is 1.44. The third kappa shape index (κ3) is 5.39. The molecule has 0 heterocycles. The molecule has 0 fully saturated rings. The topological polar surface area (TPSA) is 73.9 Å². The summed E-state index contributed by atoms with van der Waals surface area (Å²) in [7, 11) is 1.24. The van der Waals surface area contributed by atoms with Gasteiger partial charge in [-0.1, -0.05) is 6.08 Å². The van der Waals surface area contributed by atoms with Crippen molar-refractivity contribution in [3.05, 3.63) is 36.4 Å². The quantitative estimate of drug-likeness (QED) is 0.584. The van der Waals surface area contributed by atoms with E-state index in [1.54, 1.807) is 0 Å². The summed E-state index contributed by atoms with van der Waals surface area (Å²) in [6.45, 7) is 0.194. The van der Waals surface area contributed by atoms with Gasteiger partial charge in [0.15, 0.2) is 18.1 Å². The van der Waals surface area contributed by atoms with Crippen LogP contribution in [-0.4, -0.2) is 38.7 Å².